The zero-order valence-corrected chi connectivity index (χ0v) is 33.2. The van der Waals surface area contributed by atoms with Gasteiger partial charge in [-0.1, -0.05) is 60.7 Å². The number of benzene rings is 6. The summed E-state index contributed by atoms with van der Waals surface area (Å²) in [5, 5.41) is 38.9. The maximum absolute atomic E-state index is 11.9. The molecule has 0 saturated carbocycles. The van der Waals surface area contributed by atoms with Crippen molar-refractivity contribution in [3.8, 4) is 34.1 Å². The molecule has 1 unspecified atom stereocenters. The van der Waals surface area contributed by atoms with Gasteiger partial charge in [-0.3, -0.25) is 4.21 Å². The van der Waals surface area contributed by atoms with Gasteiger partial charge in [0.2, 0.25) is 0 Å². The average molecular weight is 743 g/mol. The zero-order chi connectivity index (χ0) is 34.9. The minimum atomic E-state index is -4.89. The number of phenols is 2. The van der Waals surface area contributed by atoms with Gasteiger partial charge in [0.25, 0.3) is 0 Å². The van der Waals surface area contributed by atoms with Crippen molar-refractivity contribution in [2.75, 3.05) is 14.2 Å². The quantitative estimate of drug-likeness (QED) is 0.0962. The molecule has 0 aliphatic rings. The first kappa shape index (κ1) is 40.0. The molecule has 6 aromatic rings. The van der Waals surface area contributed by atoms with E-state index >= 15 is 0 Å². The van der Waals surface area contributed by atoms with Gasteiger partial charge in [0, 0.05) is 26.4 Å². The third-order valence-electron chi connectivity index (χ3n) is 7.59. The Balaban J connectivity index is 0.00000292. The molecule has 0 fully saturated rings. The van der Waals surface area contributed by atoms with E-state index in [1.54, 1.807) is 72.8 Å². The molecule has 6 aromatic carbocycles. The molecule has 0 spiro atoms. The molecule has 1 atom stereocenters. The van der Waals surface area contributed by atoms with E-state index in [4.69, 9.17) is 9.47 Å². The maximum atomic E-state index is 11.9. The Bertz CT molecular complexity index is 2480. The van der Waals surface area contributed by atoms with Crippen LogP contribution in [0.5, 0.6) is 23.0 Å². The van der Waals surface area contributed by atoms with Crippen molar-refractivity contribution in [1.82, 2.24) is 0 Å². The van der Waals surface area contributed by atoms with Gasteiger partial charge in [-0.15, -0.1) is 20.5 Å². The molecule has 0 saturated heterocycles. The second-order valence-corrected chi connectivity index (χ2v) is 12.7. The molecule has 248 valence electrons. The Kier molecular flexibility index (Phi) is 13.1. The maximum Gasteiger partial charge on any atom is 1.00 e. The number of nitrogens with zero attached hydrogens (tertiary/aromatic N) is 4. The van der Waals surface area contributed by atoms with Crippen LogP contribution in [0.1, 0.15) is 0 Å². The fraction of sp³-hybridized carbons (Fsp3) is 0.0588. The summed E-state index contributed by atoms with van der Waals surface area (Å²) in [4.78, 5) is -0.567. The Morgan fingerprint density at radius 2 is 1.02 bits per heavy atom. The minimum Gasteiger partial charge on any atom is -0.768 e. The number of azo groups is 2. The van der Waals surface area contributed by atoms with E-state index in [1.807, 2.05) is 0 Å². The van der Waals surface area contributed by atoms with Gasteiger partial charge in [0.15, 0.2) is 11.5 Å². The summed E-state index contributed by atoms with van der Waals surface area (Å²) >= 11 is -2.58. The predicted molar refractivity (Wildman–Crippen MR) is 180 cm³/mol. The summed E-state index contributed by atoms with van der Waals surface area (Å²) in [6, 6.07) is 24.8. The monoisotopic (exact) mass is 742 g/mol. The van der Waals surface area contributed by atoms with Gasteiger partial charge in [0.05, 0.1) is 19.1 Å². The number of methoxy groups -OCH3 is 2. The number of hydrogen-bond donors (Lipinski definition) is 2. The molecule has 13 nitrogen and oxygen atoms in total. The number of rotatable bonds is 9. The number of phenolic OH excluding ortho intramolecular Hbond substituents is 2. The second kappa shape index (κ2) is 16.7. The molecule has 2 N–H and O–H groups in total. The van der Waals surface area contributed by atoms with Crippen LogP contribution in [0.3, 0.4) is 0 Å². The molecule has 17 heteroatoms. The Morgan fingerprint density at radius 1 is 0.608 bits per heavy atom. The van der Waals surface area contributed by atoms with Crippen LogP contribution in [0.4, 0.5) is 22.7 Å². The van der Waals surface area contributed by atoms with Crippen molar-refractivity contribution < 1.29 is 101 Å². The molecule has 0 amide bonds. The molecule has 0 aromatic heterocycles. The zero-order valence-electron chi connectivity index (χ0n) is 27.6. The first-order chi connectivity index (χ1) is 23.5. The van der Waals surface area contributed by atoms with Crippen LogP contribution < -0.4 is 68.6 Å². The summed E-state index contributed by atoms with van der Waals surface area (Å²) in [6.07, 6.45) is 0. The molecular weight excluding hydrogens is 719 g/mol. The van der Waals surface area contributed by atoms with E-state index in [-0.39, 0.29) is 103 Å². The first-order valence-electron chi connectivity index (χ1n) is 14.2. The molecule has 51 heavy (non-hydrogen) atoms. The molecule has 6 rings (SSSR count). The first-order valence-corrected chi connectivity index (χ1v) is 16.7. The van der Waals surface area contributed by atoms with E-state index < -0.39 is 26.1 Å². The van der Waals surface area contributed by atoms with Gasteiger partial charge in [0.1, 0.15) is 44.4 Å². The third kappa shape index (κ3) is 8.34. The van der Waals surface area contributed by atoms with Crippen LogP contribution in [-0.4, -0.2) is 46.2 Å². The van der Waals surface area contributed by atoms with Crippen LogP contribution in [-0.2, 0) is 21.2 Å². The van der Waals surface area contributed by atoms with E-state index in [0.29, 0.717) is 39.1 Å². The molecule has 0 radical (unpaired) electrons. The fourth-order valence-corrected chi connectivity index (χ4v) is 6.49. The van der Waals surface area contributed by atoms with Gasteiger partial charge in [-0.05, 0) is 58.6 Å². The molecule has 0 aliphatic heterocycles. The van der Waals surface area contributed by atoms with Crippen LogP contribution >= 0.6 is 0 Å². The van der Waals surface area contributed by atoms with Crippen LogP contribution in [0, 0.1) is 0 Å². The molecular formula is C34H24N4Na2O9S2. The second-order valence-electron chi connectivity index (χ2n) is 10.4. The summed E-state index contributed by atoms with van der Waals surface area (Å²) in [5.41, 5.74) is 1.66. The largest absolute Gasteiger partial charge is 1.00 e. The molecule has 0 bridgehead atoms. The summed E-state index contributed by atoms with van der Waals surface area (Å²) < 4.78 is 70.6. The number of ether oxygens (including phenoxy) is 2. The number of fused-ring (bicyclic) bond motifs is 2. The van der Waals surface area contributed by atoms with E-state index in [2.05, 4.69) is 20.5 Å². The van der Waals surface area contributed by atoms with Crippen molar-refractivity contribution in [1.29, 1.82) is 0 Å². The smallest absolute Gasteiger partial charge is 0.768 e. The minimum absolute atomic E-state index is 0. The number of hydrogen-bond acceptors (Lipinski definition) is 13. The molecule has 0 heterocycles. The topological polar surface area (TPSA) is 206 Å². The Labute approximate surface area is 338 Å². The van der Waals surface area contributed by atoms with Crippen molar-refractivity contribution in [2.24, 2.45) is 20.5 Å². The normalized spacial score (nSPS) is 12.2. The van der Waals surface area contributed by atoms with E-state index in [1.165, 1.54) is 32.4 Å². The van der Waals surface area contributed by atoms with Crippen LogP contribution in [0.15, 0.2) is 127 Å². The van der Waals surface area contributed by atoms with E-state index in [0.717, 1.165) is 6.07 Å². The van der Waals surface area contributed by atoms with Crippen LogP contribution in [0.2, 0.25) is 0 Å². The fourth-order valence-electron chi connectivity index (χ4n) is 5.22. The van der Waals surface area contributed by atoms with Gasteiger partial charge in [-0.25, -0.2) is 8.42 Å². The average Bonchev–Trinajstić information content (AvgIpc) is 3.10. The number of aromatic hydroxyl groups is 2. The summed E-state index contributed by atoms with van der Waals surface area (Å²) in [7, 11) is -2.02. The van der Waals surface area contributed by atoms with Gasteiger partial charge >= 0.3 is 59.1 Å². The third-order valence-corrected chi connectivity index (χ3v) is 9.16. The van der Waals surface area contributed by atoms with Crippen molar-refractivity contribution in [3.63, 3.8) is 0 Å². The van der Waals surface area contributed by atoms with E-state index in [9.17, 15) is 31.9 Å². The predicted octanol–water partition coefficient (Wildman–Crippen LogP) is 2.07. The van der Waals surface area contributed by atoms with Crippen molar-refractivity contribution in [3.05, 3.63) is 97.1 Å². The van der Waals surface area contributed by atoms with Crippen molar-refractivity contribution >= 4 is 65.5 Å². The Morgan fingerprint density at radius 3 is 1.47 bits per heavy atom. The summed E-state index contributed by atoms with van der Waals surface area (Å²) in [5.74, 6) is 0.0514. The van der Waals surface area contributed by atoms with Gasteiger partial charge in [-0.2, -0.15) is 0 Å². The van der Waals surface area contributed by atoms with Crippen LogP contribution in [0.25, 0.3) is 32.7 Å². The van der Waals surface area contributed by atoms with Gasteiger partial charge < -0.3 is 28.8 Å². The summed E-state index contributed by atoms with van der Waals surface area (Å²) in [6.45, 7) is 0. The van der Waals surface area contributed by atoms with Crippen molar-refractivity contribution in [2.45, 2.75) is 9.79 Å². The SMILES string of the molecule is COc1cc(-c2ccc(/N=N/c3cc(S(=O)(=O)[O-])c4ccccc4c3O)c(OC)c2)ccc1/N=N/c1cc(S(=O)[O-])c2ccccc2c1O.[Na+].[Na+]. The molecule has 0 aliphatic carbocycles. The standard InChI is InChI=1S/C34H26N4O9S2.2Na/c1-46-29-15-19(11-13-25(29)35-37-27-17-31(48(41)42)21-7-3-5-9-23(21)33(27)39)20-12-14-26(30(16-20)47-2)36-38-28-18-32(49(43,44)45)22-8-4-6-10-24(22)34(28)40;;/h3-18,39-40H,1-2H3,(H,41,42)(H,43,44,45);;/q;2*+1/p-2/b37-35+,38-36+;;. The Hall–Kier alpha value is -3.74.